The van der Waals surface area contributed by atoms with Crippen LogP contribution in [-0.2, 0) is 0 Å². The minimum atomic E-state index is -1.00. The van der Waals surface area contributed by atoms with Crippen LogP contribution < -0.4 is 0 Å². The Morgan fingerprint density at radius 1 is 1.20 bits per heavy atom. The van der Waals surface area contributed by atoms with Gasteiger partial charge < -0.3 is 0 Å². The molecule has 2 heteroatoms. The lowest BCUT2D eigenvalue weighted by Crippen LogP contribution is -2.14. The largest absolute Gasteiger partial charge is 0.295 e. The molecule has 0 aromatic heterocycles. The van der Waals surface area contributed by atoms with Crippen LogP contribution in [0.5, 0.6) is 0 Å². The molecule has 82 valence electrons. The van der Waals surface area contributed by atoms with E-state index < -0.39 is 11.6 Å². The summed E-state index contributed by atoms with van der Waals surface area (Å²) in [5, 5.41) is 0. The Labute approximate surface area is 90.3 Å². The van der Waals surface area contributed by atoms with Crippen molar-refractivity contribution in [2.75, 3.05) is 0 Å². The van der Waals surface area contributed by atoms with Crippen LogP contribution in [0.1, 0.15) is 49.8 Å². The first-order valence-electron chi connectivity index (χ1n) is 5.07. The van der Waals surface area contributed by atoms with Crippen molar-refractivity contribution in [2.45, 2.75) is 33.9 Å². The number of hydrogen-bond donors (Lipinski definition) is 0. The lowest BCUT2D eigenvalue weighted by Gasteiger charge is -2.23. The zero-order valence-corrected chi connectivity index (χ0v) is 9.67. The highest BCUT2D eigenvalue weighted by Gasteiger charge is 2.25. The highest BCUT2D eigenvalue weighted by atomic mass is 19.1. The summed E-state index contributed by atoms with van der Waals surface area (Å²) < 4.78 is 13.9. The topological polar surface area (TPSA) is 17.1 Å². The fourth-order valence-electron chi connectivity index (χ4n) is 1.39. The number of carbonyl (C=O) groups is 1. The number of rotatable bonds is 2. The maximum Gasteiger partial charge on any atom is 0.159 e. The van der Waals surface area contributed by atoms with Crippen LogP contribution in [0.15, 0.2) is 24.3 Å². The molecule has 0 radical (unpaired) electrons. The maximum atomic E-state index is 13.9. The predicted molar refractivity (Wildman–Crippen MR) is 59.8 cm³/mol. The van der Waals surface area contributed by atoms with Gasteiger partial charge in [0.05, 0.1) is 0 Å². The van der Waals surface area contributed by atoms with Gasteiger partial charge in [0.1, 0.15) is 6.17 Å². The average Bonchev–Trinajstić information content (AvgIpc) is 2.15. The van der Waals surface area contributed by atoms with Crippen LogP contribution in [0.25, 0.3) is 0 Å². The first-order chi connectivity index (χ1) is 6.82. The number of ketones is 1. The quantitative estimate of drug-likeness (QED) is 0.673. The van der Waals surface area contributed by atoms with E-state index in [-0.39, 0.29) is 5.78 Å². The van der Waals surface area contributed by atoms with E-state index in [1.807, 2.05) is 20.8 Å². The van der Waals surface area contributed by atoms with Gasteiger partial charge in [-0.15, -0.1) is 0 Å². The van der Waals surface area contributed by atoms with E-state index in [0.29, 0.717) is 11.1 Å². The molecule has 1 rings (SSSR count). The first kappa shape index (κ1) is 11.9. The van der Waals surface area contributed by atoms with Gasteiger partial charge in [0.2, 0.25) is 0 Å². The summed E-state index contributed by atoms with van der Waals surface area (Å²) in [5.74, 6) is 0.00715. The Kier molecular flexibility index (Phi) is 3.28. The SMILES string of the molecule is CC(=O)c1ccc(C(F)C(C)(C)C)cc1. The van der Waals surface area contributed by atoms with Crippen molar-refractivity contribution >= 4 is 5.78 Å². The Hall–Kier alpha value is -1.18. The molecule has 1 nitrogen and oxygen atoms in total. The lowest BCUT2D eigenvalue weighted by molar-refractivity contribution is 0.101. The van der Waals surface area contributed by atoms with Crippen molar-refractivity contribution in [3.05, 3.63) is 35.4 Å². The smallest absolute Gasteiger partial charge is 0.159 e. The number of hydrogen-bond acceptors (Lipinski definition) is 1. The molecule has 0 saturated heterocycles. The summed E-state index contributed by atoms with van der Waals surface area (Å²) in [4.78, 5) is 11.0. The molecule has 0 heterocycles. The Bertz CT molecular complexity index is 346. The summed E-state index contributed by atoms with van der Waals surface area (Å²) in [7, 11) is 0. The first-order valence-corrected chi connectivity index (χ1v) is 5.07. The Balaban J connectivity index is 2.94. The van der Waals surface area contributed by atoms with Gasteiger partial charge in [0.15, 0.2) is 5.78 Å². The molecule has 0 bridgehead atoms. The molecular weight excluding hydrogens is 191 g/mol. The van der Waals surface area contributed by atoms with Gasteiger partial charge in [-0.3, -0.25) is 4.79 Å². The van der Waals surface area contributed by atoms with Crippen molar-refractivity contribution in [1.82, 2.24) is 0 Å². The van der Waals surface area contributed by atoms with E-state index in [1.54, 1.807) is 24.3 Å². The van der Waals surface area contributed by atoms with Crippen LogP contribution >= 0.6 is 0 Å². The van der Waals surface area contributed by atoms with E-state index >= 15 is 0 Å². The third-order valence-corrected chi connectivity index (χ3v) is 2.37. The van der Waals surface area contributed by atoms with Gasteiger partial charge in [-0.25, -0.2) is 4.39 Å². The molecule has 1 aromatic rings. The minimum Gasteiger partial charge on any atom is -0.295 e. The molecule has 0 aliphatic rings. The van der Waals surface area contributed by atoms with Crippen LogP contribution in [0, 0.1) is 5.41 Å². The number of benzene rings is 1. The lowest BCUT2D eigenvalue weighted by atomic mass is 9.86. The summed E-state index contributed by atoms with van der Waals surface area (Å²) in [6.45, 7) is 7.08. The molecule has 0 amide bonds. The predicted octanol–water partition coefficient (Wildman–Crippen LogP) is 3.95. The van der Waals surface area contributed by atoms with E-state index in [1.165, 1.54) is 6.92 Å². The zero-order valence-electron chi connectivity index (χ0n) is 9.67. The van der Waals surface area contributed by atoms with Gasteiger partial charge in [-0.05, 0) is 17.9 Å². The van der Waals surface area contributed by atoms with E-state index in [9.17, 15) is 9.18 Å². The molecule has 0 aliphatic carbocycles. The third kappa shape index (κ3) is 2.88. The fourth-order valence-corrected chi connectivity index (χ4v) is 1.39. The van der Waals surface area contributed by atoms with Crippen molar-refractivity contribution in [3.63, 3.8) is 0 Å². The van der Waals surface area contributed by atoms with Crippen molar-refractivity contribution in [3.8, 4) is 0 Å². The fraction of sp³-hybridized carbons (Fsp3) is 0.462. The molecule has 0 N–H and O–H groups in total. The summed E-state index contributed by atoms with van der Waals surface area (Å²) >= 11 is 0. The molecule has 1 atom stereocenters. The second-order valence-corrected chi connectivity index (χ2v) is 4.91. The van der Waals surface area contributed by atoms with Gasteiger partial charge in [-0.1, -0.05) is 45.0 Å². The normalized spacial score (nSPS) is 13.7. The van der Waals surface area contributed by atoms with E-state index in [4.69, 9.17) is 0 Å². The summed E-state index contributed by atoms with van der Waals surface area (Å²) in [6, 6.07) is 6.73. The van der Waals surface area contributed by atoms with Crippen LogP contribution in [0.2, 0.25) is 0 Å². The maximum absolute atomic E-state index is 13.9. The molecule has 1 unspecified atom stereocenters. The minimum absolute atomic E-state index is 0.00715. The third-order valence-electron chi connectivity index (χ3n) is 2.37. The molecule has 15 heavy (non-hydrogen) atoms. The van der Waals surface area contributed by atoms with E-state index in [0.717, 1.165) is 0 Å². The number of halogens is 1. The van der Waals surface area contributed by atoms with E-state index in [2.05, 4.69) is 0 Å². The summed E-state index contributed by atoms with van der Waals surface area (Å²) in [5.41, 5.74) is 0.852. The number of Topliss-reactive ketones (excluding diaryl/α,β-unsaturated/α-hetero) is 1. The molecular formula is C13H17FO. The van der Waals surface area contributed by atoms with Gasteiger partial charge in [-0.2, -0.15) is 0 Å². The van der Waals surface area contributed by atoms with Crippen molar-refractivity contribution < 1.29 is 9.18 Å². The standard InChI is InChI=1S/C13H17FO/c1-9(15)10-5-7-11(8-6-10)12(14)13(2,3)4/h5-8,12H,1-4H3. The molecule has 0 fully saturated rings. The molecule has 0 spiro atoms. The van der Waals surface area contributed by atoms with Gasteiger partial charge >= 0.3 is 0 Å². The second kappa shape index (κ2) is 4.13. The Morgan fingerprint density at radius 3 is 2.00 bits per heavy atom. The molecule has 0 aliphatic heterocycles. The van der Waals surface area contributed by atoms with Gasteiger partial charge in [0, 0.05) is 5.56 Å². The zero-order chi connectivity index (χ0) is 11.6. The van der Waals surface area contributed by atoms with Crippen molar-refractivity contribution in [2.24, 2.45) is 5.41 Å². The van der Waals surface area contributed by atoms with Crippen LogP contribution in [0.3, 0.4) is 0 Å². The number of carbonyl (C=O) groups excluding carboxylic acids is 1. The Morgan fingerprint density at radius 2 is 1.67 bits per heavy atom. The summed E-state index contributed by atoms with van der Waals surface area (Å²) in [6.07, 6.45) is -1.00. The van der Waals surface area contributed by atoms with Gasteiger partial charge in [0.25, 0.3) is 0 Å². The van der Waals surface area contributed by atoms with Crippen LogP contribution in [-0.4, -0.2) is 5.78 Å². The highest BCUT2D eigenvalue weighted by Crippen LogP contribution is 2.35. The molecule has 1 aromatic carbocycles. The monoisotopic (exact) mass is 208 g/mol. The van der Waals surface area contributed by atoms with Crippen LogP contribution in [0.4, 0.5) is 4.39 Å². The molecule has 0 saturated carbocycles. The average molecular weight is 208 g/mol. The second-order valence-electron chi connectivity index (χ2n) is 4.91. The number of alkyl halides is 1. The van der Waals surface area contributed by atoms with Crippen molar-refractivity contribution in [1.29, 1.82) is 0 Å². The highest BCUT2D eigenvalue weighted by molar-refractivity contribution is 5.94.